The van der Waals surface area contributed by atoms with Gasteiger partial charge in [-0.05, 0) is 6.42 Å². The second-order valence-electron chi connectivity index (χ2n) is 10.5. The molecule has 8 heteroatoms. The predicted octanol–water partition coefficient (Wildman–Crippen LogP) is 4.47. The molecule has 1 fully saturated rings. The smallest absolute Gasteiger partial charge is 0.357 e. The first-order chi connectivity index (χ1) is 17.4. The summed E-state index contributed by atoms with van der Waals surface area (Å²) >= 11 is 0. The van der Waals surface area contributed by atoms with Gasteiger partial charge in [-0.15, -0.1) is 0 Å². The van der Waals surface area contributed by atoms with Gasteiger partial charge in [0, 0.05) is 6.42 Å². The molecular formula is C28H54O8. The minimum absolute atomic E-state index is 0.0414. The number of rotatable bonds is 22. The van der Waals surface area contributed by atoms with E-state index in [1.165, 1.54) is 96.3 Å². The largest absolute Gasteiger partial charge is 0.406 e. The lowest BCUT2D eigenvalue weighted by atomic mass is 9.98. The predicted molar refractivity (Wildman–Crippen MR) is 139 cm³/mol. The Hall–Kier alpha value is -0.770. The molecule has 1 heterocycles. The van der Waals surface area contributed by atoms with Crippen LogP contribution < -0.4 is 0 Å². The van der Waals surface area contributed by atoms with Crippen LogP contribution >= 0.6 is 0 Å². The van der Waals surface area contributed by atoms with E-state index >= 15 is 0 Å². The van der Waals surface area contributed by atoms with Crippen molar-refractivity contribution in [1.29, 1.82) is 0 Å². The first-order valence-corrected chi connectivity index (χ1v) is 14.6. The number of hydrogen-bond donors (Lipinski definition) is 5. The maximum Gasteiger partial charge on any atom is 0.357 e. The fourth-order valence-corrected chi connectivity index (χ4v) is 4.77. The Balaban J connectivity index is 1.92. The van der Waals surface area contributed by atoms with E-state index in [1.807, 2.05) is 0 Å². The van der Waals surface area contributed by atoms with Gasteiger partial charge in [0.2, 0.25) is 0 Å². The standard InChI is InChI=1S/C28H54O8/c1-2-3-4-5-6-7-8-9-10-11-12-13-14-15-16-17-18-19-20-21-24(30)36-28(34)27(33)26(32)25(31)23(22-29)35-28/h23,25-27,29,31-34H,2-22H2,1H3/t23-,25+,26+,27-,28+/m1/s1. The van der Waals surface area contributed by atoms with Crippen molar-refractivity contribution in [2.45, 2.75) is 166 Å². The minimum Gasteiger partial charge on any atom is -0.406 e. The van der Waals surface area contributed by atoms with Gasteiger partial charge >= 0.3 is 11.9 Å². The molecule has 1 aliphatic heterocycles. The summed E-state index contributed by atoms with van der Waals surface area (Å²) in [6.45, 7) is 1.55. The van der Waals surface area contributed by atoms with Crippen LogP contribution in [0.15, 0.2) is 0 Å². The van der Waals surface area contributed by atoms with Crippen LogP contribution in [0.5, 0.6) is 0 Å². The zero-order valence-corrected chi connectivity index (χ0v) is 22.6. The van der Waals surface area contributed by atoms with Gasteiger partial charge in [-0.3, -0.25) is 4.79 Å². The third-order valence-electron chi connectivity index (χ3n) is 7.17. The lowest BCUT2D eigenvalue weighted by Crippen LogP contribution is -2.66. The van der Waals surface area contributed by atoms with Crippen LogP contribution in [0.4, 0.5) is 0 Å². The summed E-state index contributed by atoms with van der Waals surface area (Å²) in [7, 11) is 0. The van der Waals surface area contributed by atoms with Crippen LogP contribution in [0.25, 0.3) is 0 Å². The highest BCUT2D eigenvalue weighted by Crippen LogP contribution is 2.29. The van der Waals surface area contributed by atoms with Crippen LogP contribution in [0.3, 0.4) is 0 Å². The molecule has 1 aliphatic rings. The zero-order valence-electron chi connectivity index (χ0n) is 22.6. The summed E-state index contributed by atoms with van der Waals surface area (Å²) in [6, 6.07) is 0. The van der Waals surface area contributed by atoms with Crippen LogP contribution in [-0.4, -0.2) is 68.5 Å². The number of aliphatic hydroxyl groups excluding tert-OH is 4. The number of carbonyl (C=O) groups excluding carboxylic acids is 1. The molecule has 0 aromatic heterocycles. The molecule has 0 amide bonds. The maximum absolute atomic E-state index is 12.0. The van der Waals surface area contributed by atoms with Crippen molar-refractivity contribution in [3.8, 4) is 0 Å². The lowest BCUT2D eigenvalue weighted by Gasteiger charge is -2.43. The summed E-state index contributed by atoms with van der Waals surface area (Å²) in [5, 5.41) is 48.9. The topological polar surface area (TPSA) is 137 Å². The molecule has 0 aromatic rings. The number of hydrogen-bond acceptors (Lipinski definition) is 8. The lowest BCUT2D eigenvalue weighted by molar-refractivity contribution is -0.434. The van der Waals surface area contributed by atoms with E-state index < -0.39 is 43.0 Å². The van der Waals surface area contributed by atoms with Gasteiger partial charge in [-0.1, -0.05) is 122 Å². The maximum atomic E-state index is 12.0. The van der Waals surface area contributed by atoms with E-state index in [0.717, 1.165) is 19.3 Å². The van der Waals surface area contributed by atoms with Crippen molar-refractivity contribution in [1.82, 2.24) is 0 Å². The van der Waals surface area contributed by atoms with E-state index in [0.29, 0.717) is 6.42 Å². The Bertz CT molecular complexity index is 544. The summed E-state index contributed by atoms with van der Waals surface area (Å²) in [6.07, 6.45) is 17.1. The van der Waals surface area contributed by atoms with Crippen LogP contribution in [0, 0.1) is 0 Å². The number of esters is 1. The van der Waals surface area contributed by atoms with Crippen molar-refractivity contribution in [2.24, 2.45) is 0 Å². The van der Waals surface area contributed by atoms with E-state index in [-0.39, 0.29) is 6.42 Å². The van der Waals surface area contributed by atoms with Gasteiger partial charge < -0.3 is 35.0 Å². The zero-order chi connectivity index (χ0) is 26.7. The molecule has 36 heavy (non-hydrogen) atoms. The molecule has 0 aliphatic carbocycles. The molecular weight excluding hydrogens is 464 g/mol. The third kappa shape index (κ3) is 13.7. The minimum atomic E-state index is -2.79. The first-order valence-electron chi connectivity index (χ1n) is 14.6. The molecule has 5 N–H and O–H groups in total. The normalized spacial score (nSPS) is 26.3. The summed E-state index contributed by atoms with van der Waals surface area (Å²) < 4.78 is 9.78. The molecule has 0 radical (unpaired) electrons. The second-order valence-corrected chi connectivity index (χ2v) is 10.5. The van der Waals surface area contributed by atoms with Gasteiger partial charge in [0.25, 0.3) is 0 Å². The van der Waals surface area contributed by atoms with Gasteiger partial charge in [0.15, 0.2) is 6.10 Å². The fourth-order valence-electron chi connectivity index (χ4n) is 4.77. The van der Waals surface area contributed by atoms with Gasteiger partial charge in [-0.25, -0.2) is 0 Å². The third-order valence-corrected chi connectivity index (χ3v) is 7.17. The second kappa shape index (κ2) is 20.2. The Morgan fingerprint density at radius 2 is 1.08 bits per heavy atom. The van der Waals surface area contributed by atoms with E-state index in [1.54, 1.807) is 0 Å². The van der Waals surface area contributed by atoms with Crippen LogP contribution in [0.2, 0.25) is 0 Å². The van der Waals surface area contributed by atoms with E-state index in [9.17, 15) is 30.3 Å². The molecule has 0 bridgehead atoms. The number of carbonyl (C=O) groups is 1. The first kappa shape index (κ1) is 33.3. The molecule has 1 saturated heterocycles. The highest BCUT2D eigenvalue weighted by molar-refractivity contribution is 5.69. The van der Waals surface area contributed by atoms with Gasteiger partial charge in [-0.2, -0.15) is 0 Å². The molecule has 0 saturated carbocycles. The van der Waals surface area contributed by atoms with Gasteiger partial charge in [0.1, 0.15) is 18.3 Å². The Morgan fingerprint density at radius 1 is 0.694 bits per heavy atom. The summed E-state index contributed by atoms with van der Waals surface area (Å²) in [5.41, 5.74) is 0. The Labute approximate surface area is 218 Å². The highest BCUT2D eigenvalue weighted by atomic mass is 16.8. The SMILES string of the molecule is CCCCCCCCCCCCCCCCCCCCCC(=O)O[C@@]1(O)O[C@H](CO)[C@H](O)[C@H](O)[C@H]1O. The quantitative estimate of drug-likeness (QED) is 0.0804. The van der Waals surface area contributed by atoms with Crippen molar-refractivity contribution >= 4 is 5.97 Å². The van der Waals surface area contributed by atoms with Gasteiger partial charge in [0.05, 0.1) is 6.61 Å². The molecule has 0 spiro atoms. The number of unbranched alkanes of at least 4 members (excludes halogenated alkanes) is 18. The van der Waals surface area contributed by atoms with Crippen LogP contribution in [0.1, 0.15) is 135 Å². The van der Waals surface area contributed by atoms with Crippen molar-refractivity contribution in [2.75, 3.05) is 6.61 Å². The van der Waals surface area contributed by atoms with Crippen molar-refractivity contribution < 1.29 is 39.8 Å². The highest BCUT2D eigenvalue weighted by Gasteiger charge is 2.55. The summed E-state index contributed by atoms with van der Waals surface area (Å²) in [4.78, 5) is 12.0. The summed E-state index contributed by atoms with van der Waals surface area (Å²) in [5.74, 6) is -3.57. The molecule has 8 nitrogen and oxygen atoms in total. The fraction of sp³-hybridized carbons (Fsp3) is 0.964. The molecule has 0 aromatic carbocycles. The number of ether oxygens (including phenoxy) is 2. The van der Waals surface area contributed by atoms with E-state index in [2.05, 4.69) is 6.92 Å². The van der Waals surface area contributed by atoms with Crippen molar-refractivity contribution in [3.05, 3.63) is 0 Å². The molecule has 5 atom stereocenters. The van der Waals surface area contributed by atoms with E-state index in [4.69, 9.17) is 9.47 Å². The molecule has 0 unspecified atom stereocenters. The molecule has 1 rings (SSSR count). The van der Waals surface area contributed by atoms with Crippen molar-refractivity contribution in [3.63, 3.8) is 0 Å². The molecule has 214 valence electrons. The van der Waals surface area contributed by atoms with Crippen LogP contribution in [-0.2, 0) is 14.3 Å². The number of aliphatic hydroxyl groups is 5. The Kier molecular flexibility index (Phi) is 18.7. The monoisotopic (exact) mass is 518 g/mol. The average Bonchev–Trinajstić information content (AvgIpc) is 2.86. The average molecular weight is 519 g/mol. The Morgan fingerprint density at radius 3 is 1.47 bits per heavy atom.